The minimum atomic E-state index is -0.0312. The molecule has 1 saturated carbocycles. The van der Waals surface area contributed by atoms with Gasteiger partial charge in [0.1, 0.15) is 0 Å². The van der Waals surface area contributed by atoms with E-state index >= 15 is 0 Å². The molecule has 152 valence electrons. The molecule has 2 aliphatic heterocycles. The lowest BCUT2D eigenvalue weighted by Gasteiger charge is -2.36. The highest BCUT2D eigenvalue weighted by Gasteiger charge is 2.48. The first kappa shape index (κ1) is 19.6. The molecule has 1 aliphatic carbocycles. The minimum Gasteiger partial charge on any atom is -0.297 e. The Morgan fingerprint density at radius 3 is 1.93 bits per heavy atom. The summed E-state index contributed by atoms with van der Waals surface area (Å²) >= 11 is 0. The lowest BCUT2D eigenvalue weighted by Crippen LogP contribution is -2.51. The first-order valence-electron chi connectivity index (χ1n) is 10.9. The van der Waals surface area contributed by atoms with E-state index in [2.05, 4.69) is 47.9 Å². The van der Waals surface area contributed by atoms with Gasteiger partial charge in [0.2, 0.25) is 11.8 Å². The number of fused-ring (bicyclic) bond motifs is 1. The van der Waals surface area contributed by atoms with Gasteiger partial charge in [0, 0.05) is 32.7 Å². The largest absolute Gasteiger partial charge is 0.297 e. The Morgan fingerprint density at radius 1 is 0.857 bits per heavy atom. The van der Waals surface area contributed by atoms with Gasteiger partial charge in [-0.1, -0.05) is 51.0 Å². The number of rotatable bonds is 5. The number of amides is 2. The van der Waals surface area contributed by atoms with Crippen molar-refractivity contribution >= 4 is 11.8 Å². The molecule has 1 aromatic rings. The monoisotopic (exact) mass is 383 g/mol. The van der Waals surface area contributed by atoms with Crippen LogP contribution >= 0.6 is 0 Å². The third-order valence-electron chi connectivity index (χ3n) is 6.79. The van der Waals surface area contributed by atoms with Crippen LogP contribution in [-0.4, -0.2) is 59.4 Å². The number of likely N-dealkylation sites (tertiary alicyclic amines) is 1. The third kappa shape index (κ3) is 4.01. The second-order valence-corrected chi connectivity index (χ2v) is 9.03. The van der Waals surface area contributed by atoms with Crippen LogP contribution in [-0.2, 0) is 16.1 Å². The molecule has 3 fully saturated rings. The van der Waals surface area contributed by atoms with Crippen LogP contribution in [0.25, 0.3) is 0 Å². The maximum atomic E-state index is 12.7. The highest BCUT2D eigenvalue weighted by Crippen LogP contribution is 2.38. The summed E-state index contributed by atoms with van der Waals surface area (Å²) in [6.07, 6.45) is 3.97. The van der Waals surface area contributed by atoms with Crippen molar-refractivity contribution in [3.63, 3.8) is 0 Å². The lowest BCUT2D eigenvalue weighted by molar-refractivity contribution is -0.142. The highest BCUT2D eigenvalue weighted by atomic mass is 16.2. The van der Waals surface area contributed by atoms with Gasteiger partial charge in [0.15, 0.2) is 0 Å². The maximum absolute atomic E-state index is 12.7. The molecule has 28 heavy (non-hydrogen) atoms. The average Bonchev–Trinajstić information content (AvgIpc) is 2.95. The fourth-order valence-electron chi connectivity index (χ4n) is 4.93. The number of benzene rings is 1. The van der Waals surface area contributed by atoms with Crippen molar-refractivity contribution in [3.05, 3.63) is 35.4 Å². The van der Waals surface area contributed by atoms with Crippen LogP contribution < -0.4 is 0 Å². The number of nitrogens with zero attached hydrogens (tertiary/aromatic N) is 3. The van der Waals surface area contributed by atoms with Crippen LogP contribution in [0, 0.1) is 11.8 Å². The Labute approximate surface area is 168 Å². The second kappa shape index (κ2) is 8.34. The number of piperazine rings is 1. The van der Waals surface area contributed by atoms with Gasteiger partial charge >= 0.3 is 0 Å². The van der Waals surface area contributed by atoms with Crippen molar-refractivity contribution in [1.82, 2.24) is 14.7 Å². The predicted octanol–water partition coefficient (Wildman–Crippen LogP) is 3.06. The van der Waals surface area contributed by atoms with Crippen LogP contribution in [0.4, 0.5) is 0 Å². The molecule has 0 aromatic heterocycles. The summed E-state index contributed by atoms with van der Waals surface area (Å²) in [7, 11) is 0. The first-order chi connectivity index (χ1) is 13.5. The maximum Gasteiger partial charge on any atom is 0.234 e. The summed E-state index contributed by atoms with van der Waals surface area (Å²) in [6.45, 7) is 9.69. The van der Waals surface area contributed by atoms with E-state index in [0.29, 0.717) is 12.6 Å². The summed E-state index contributed by atoms with van der Waals surface area (Å²) in [6, 6.07) is 8.95. The molecule has 4 rings (SSSR count). The summed E-state index contributed by atoms with van der Waals surface area (Å²) in [5, 5.41) is 0. The van der Waals surface area contributed by atoms with Crippen LogP contribution in [0.5, 0.6) is 0 Å². The normalized spacial score (nSPS) is 26.9. The molecule has 2 saturated heterocycles. The standard InChI is InChI=1S/C23H33N3O2/c1-17(2)19-9-7-18(8-10-19)15-24-11-13-25(14-12-24)16-26-22(27)20-5-3-4-6-21(20)23(26)28/h7-10,17,20-21H,3-6,11-16H2,1-2H3/t20-,21-/m0/s1. The Kier molecular flexibility index (Phi) is 5.83. The zero-order valence-electron chi connectivity index (χ0n) is 17.3. The van der Waals surface area contributed by atoms with Crippen LogP contribution in [0.2, 0.25) is 0 Å². The van der Waals surface area contributed by atoms with E-state index in [-0.39, 0.29) is 23.7 Å². The summed E-state index contributed by atoms with van der Waals surface area (Å²) in [5.74, 6) is 0.676. The van der Waals surface area contributed by atoms with Crippen LogP contribution in [0.15, 0.2) is 24.3 Å². The predicted molar refractivity (Wildman–Crippen MR) is 110 cm³/mol. The van der Waals surface area contributed by atoms with Crippen molar-refractivity contribution in [1.29, 1.82) is 0 Å². The van der Waals surface area contributed by atoms with Gasteiger partial charge < -0.3 is 0 Å². The van der Waals surface area contributed by atoms with E-state index in [1.165, 1.54) is 11.1 Å². The van der Waals surface area contributed by atoms with E-state index in [0.717, 1.165) is 58.4 Å². The Hall–Kier alpha value is -1.72. The van der Waals surface area contributed by atoms with Gasteiger partial charge in [-0.05, 0) is 29.9 Å². The summed E-state index contributed by atoms with van der Waals surface area (Å²) < 4.78 is 0. The molecule has 1 aromatic carbocycles. The van der Waals surface area contributed by atoms with E-state index in [1.54, 1.807) is 4.90 Å². The lowest BCUT2D eigenvalue weighted by atomic mass is 9.81. The Morgan fingerprint density at radius 2 is 1.39 bits per heavy atom. The number of hydrogen-bond acceptors (Lipinski definition) is 4. The molecule has 2 atom stereocenters. The zero-order valence-corrected chi connectivity index (χ0v) is 17.3. The van der Waals surface area contributed by atoms with E-state index in [9.17, 15) is 9.59 Å². The summed E-state index contributed by atoms with van der Waals surface area (Å²) in [4.78, 5) is 31.6. The van der Waals surface area contributed by atoms with Crippen molar-refractivity contribution < 1.29 is 9.59 Å². The Balaban J connectivity index is 1.27. The molecule has 2 amide bonds. The molecule has 0 N–H and O–H groups in total. The molecular formula is C23H33N3O2. The molecule has 0 spiro atoms. The van der Waals surface area contributed by atoms with Gasteiger partial charge in [-0.2, -0.15) is 0 Å². The third-order valence-corrected chi connectivity index (χ3v) is 6.79. The van der Waals surface area contributed by atoms with Gasteiger partial charge in [-0.3, -0.25) is 24.3 Å². The molecular weight excluding hydrogens is 350 g/mol. The van der Waals surface area contributed by atoms with Crippen molar-refractivity contribution in [3.8, 4) is 0 Å². The molecule has 0 radical (unpaired) electrons. The summed E-state index contributed by atoms with van der Waals surface area (Å²) in [5.41, 5.74) is 2.74. The molecule has 0 unspecified atom stereocenters. The van der Waals surface area contributed by atoms with Gasteiger partial charge in [0.25, 0.3) is 0 Å². The number of carbonyl (C=O) groups is 2. The minimum absolute atomic E-state index is 0.0312. The number of hydrogen-bond donors (Lipinski definition) is 0. The smallest absolute Gasteiger partial charge is 0.234 e. The fourth-order valence-corrected chi connectivity index (χ4v) is 4.93. The van der Waals surface area contributed by atoms with Gasteiger partial charge in [-0.25, -0.2) is 0 Å². The quantitative estimate of drug-likeness (QED) is 0.733. The van der Waals surface area contributed by atoms with Crippen molar-refractivity contribution in [2.24, 2.45) is 11.8 Å². The van der Waals surface area contributed by atoms with Crippen molar-refractivity contribution in [2.45, 2.75) is 52.0 Å². The number of imide groups is 1. The number of carbonyl (C=O) groups excluding carboxylic acids is 2. The highest BCUT2D eigenvalue weighted by molar-refractivity contribution is 6.05. The van der Waals surface area contributed by atoms with Crippen LogP contribution in [0.1, 0.15) is 56.6 Å². The Bertz CT molecular complexity index is 683. The molecule has 3 aliphatic rings. The zero-order chi connectivity index (χ0) is 19.7. The topological polar surface area (TPSA) is 43.9 Å². The van der Waals surface area contributed by atoms with Gasteiger partial charge in [-0.15, -0.1) is 0 Å². The molecule has 5 nitrogen and oxygen atoms in total. The van der Waals surface area contributed by atoms with E-state index in [4.69, 9.17) is 0 Å². The molecule has 2 heterocycles. The molecule has 0 bridgehead atoms. The van der Waals surface area contributed by atoms with Crippen LogP contribution in [0.3, 0.4) is 0 Å². The SMILES string of the molecule is CC(C)c1ccc(CN2CCN(CN3C(=O)[C@H]4CCCC[C@@H]4C3=O)CC2)cc1. The van der Waals surface area contributed by atoms with Crippen molar-refractivity contribution in [2.75, 3.05) is 32.8 Å². The first-order valence-corrected chi connectivity index (χ1v) is 10.9. The molecule has 5 heteroatoms. The van der Waals surface area contributed by atoms with Gasteiger partial charge in [0.05, 0.1) is 18.5 Å². The second-order valence-electron chi connectivity index (χ2n) is 9.03. The average molecular weight is 384 g/mol. The van der Waals surface area contributed by atoms with E-state index < -0.39 is 0 Å². The fraction of sp³-hybridized carbons (Fsp3) is 0.652. The van der Waals surface area contributed by atoms with E-state index in [1.807, 2.05) is 0 Å².